The molecule has 4 heteroatoms. The predicted molar refractivity (Wildman–Crippen MR) is 78.7 cm³/mol. The first kappa shape index (κ1) is 14.3. The van der Waals surface area contributed by atoms with Gasteiger partial charge in [0.15, 0.2) is 6.29 Å². The van der Waals surface area contributed by atoms with Gasteiger partial charge in [0, 0.05) is 23.7 Å². The topological polar surface area (TPSA) is 59.3 Å². The number of carboxylic acid groups (broad SMARTS) is 1. The number of hydrogen-bond acceptors (Lipinski definition) is 2. The van der Waals surface area contributed by atoms with Crippen molar-refractivity contribution in [2.75, 3.05) is 0 Å². The third-order valence-corrected chi connectivity index (χ3v) is 3.73. The van der Waals surface area contributed by atoms with E-state index in [4.69, 9.17) is 0 Å². The van der Waals surface area contributed by atoms with Crippen LogP contribution in [-0.4, -0.2) is 21.9 Å². The van der Waals surface area contributed by atoms with E-state index in [1.165, 1.54) is 0 Å². The average molecular weight is 273 g/mol. The molecule has 20 heavy (non-hydrogen) atoms. The predicted octanol–water partition coefficient (Wildman–Crippen LogP) is 3.57. The van der Waals surface area contributed by atoms with Crippen LogP contribution >= 0.6 is 0 Å². The number of aryl methyl sites for hydroxylation is 3. The van der Waals surface area contributed by atoms with E-state index in [2.05, 4.69) is 11.5 Å². The summed E-state index contributed by atoms with van der Waals surface area (Å²) < 4.78 is 2.07. The number of hydrogen-bond donors (Lipinski definition) is 1. The number of carboxylic acids is 1. The van der Waals surface area contributed by atoms with E-state index in [-0.39, 0.29) is 5.56 Å². The van der Waals surface area contributed by atoms with Gasteiger partial charge in [0.25, 0.3) is 0 Å². The molecule has 1 heterocycles. The highest BCUT2D eigenvalue weighted by atomic mass is 16.4. The Morgan fingerprint density at radius 2 is 2.10 bits per heavy atom. The summed E-state index contributed by atoms with van der Waals surface area (Å²) in [5.41, 5.74) is 3.37. The summed E-state index contributed by atoms with van der Waals surface area (Å²) >= 11 is 0. The van der Waals surface area contributed by atoms with Crippen molar-refractivity contribution in [2.45, 2.75) is 40.2 Å². The summed E-state index contributed by atoms with van der Waals surface area (Å²) in [7, 11) is 0. The first-order valence-electron chi connectivity index (χ1n) is 6.82. The van der Waals surface area contributed by atoms with E-state index in [0.717, 1.165) is 42.1 Å². The Morgan fingerprint density at radius 1 is 1.40 bits per heavy atom. The van der Waals surface area contributed by atoms with Gasteiger partial charge in [-0.15, -0.1) is 0 Å². The fourth-order valence-electron chi connectivity index (χ4n) is 2.74. The molecular weight excluding hydrogens is 254 g/mol. The maximum absolute atomic E-state index is 11.3. The number of nitrogens with zero attached hydrogens (tertiary/aromatic N) is 1. The zero-order valence-corrected chi connectivity index (χ0v) is 12.1. The molecule has 0 fully saturated rings. The van der Waals surface area contributed by atoms with E-state index in [9.17, 15) is 14.7 Å². The van der Waals surface area contributed by atoms with Crippen LogP contribution in [0, 0.1) is 13.8 Å². The second-order valence-electron chi connectivity index (χ2n) is 5.14. The van der Waals surface area contributed by atoms with E-state index in [0.29, 0.717) is 11.1 Å². The Kier molecular flexibility index (Phi) is 3.93. The maximum Gasteiger partial charge on any atom is 0.335 e. The monoisotopic (exact) mass is 273 g/mol. The molecule has 0 aliphatic carbocycles. The van der Waals surface area contributed by atoms with Crippen LogP contribution < -0.4 is 0 Å². The van der Waals surface area contributed by atoms with Crippen LogP contribution in [0.2, 0.25) is 0 Å². The second kappa shape index (κ2) is 5.49. The number of fused-ring (bicyclic) bond motifs is 1. The molecule has 0 aliphatic heterocycles. The minimum Gasteiger partial charge on any atom is -0.478 e. The van der Waals surface area contributed by atoms with E-state index in [1.807, 2.05) is 13.1 Å². The van der Waals surface area contributed by atoms with Gasteiger partial charge >= 0.3 is 5.97 Å². The highest BCUT2D eigenvalue weighted by molar-refractivity contribution is 6.05. The fraction of sp³-hybridized carbons (Fsp3) is 0.375. The lowest BCUT2D eigenvalue weighted by atomic mass is 9.98. The first-order chi connectivity index (χ1) is 9.51. The molecule has 4 nitrogen and oxygen atoms in total. The molecule has 0 saturated carbocycles. The molecule has 0 radical (unpaired) electrons. The van der Waals surface area contributed by atoms with Crippen LogP contribution in [0.1, 0.15) is 51.6 Å². The molecule has 2 aromatic rings. The van der Waals surface area contributed by atoms with Crippen LogP contribution in [0.4, 0.5) is 0 Å². The Morgan fingerprint density at radius 3 is 2.65 bits per heavy atom. The molecule has 1 N–H and O–H groups in total. The molecule has 2 rings (SSSR count). The highest BCUT2D eigenvalue weighted by Gasteiger charge is 2.18. The van der Waals surface area contributed by atoms with Crippen LogP contribution in [-0.2, 0) is 6.54 Å². The van der Waals surface area contributed by atoms with Gasteiger partial charge in [0.2, 0.25) is 0 Å². The molecule has 0 unspecified atom stereocenters. The van der Waals surface area contributed by atoms with Crippen molar-refractivity contribution in [1.82, 2.24) is 4.57 Å². The lowest BCUT2D eigenvalue weighted by Crippen LogP contribution is -2.03. The number of aromatic carboxylic acids is 1. The molecule has 0 saturated heterocycles. The first-order valence-corrected chi connectivity index (χ1v) is 6.82. The molecule has 106 valence electrons. The van der Waals surface area contributed by atoms with Crippen molar-refractivity contribution in [3.05, 3.63) is 34.5 Å². The average Bonchev–Trinajstić information content (AvgIpc) is 2.79. The third kappa shape index (κ3) is 2.22. The number of carbonyl (C=O) groups is 2. The summed E-state index contributed by atoms with van der Waals surface area (Å²) in [6, 6.07) is 1.69. The van der Waals surface area contributed by atoms with E-state index in [1.54, 1.807) is 13.0 Å². The molecule has 0 bridgehead atoms. The number of unbranched alkanes of at least 4 members (excludes halogenated alkanes) is 1. The van der Waals surface area contributed by atoms with Gasteiger partial charge in [0.05, 0.1) is 11.1 Å². The van der Waals surface area contributed by atoms with E-state index < -0.39 is 5.97 Å². The van der Waals surface area contributed by atoms with Crippen molar-refractivity contribution in [2.24, 2.45) is 0 Å². The number of benzene rings is 1. The maximum atomic E-state index is 11.3. The van der Waals surface area contributed by atoms with Gasteiger partial charge in [-0.25, -0.2) is 4.79 Å². The quantitative estimate of drug-likeness (QED) is 0.847. The van der Waals surface area contributed by atoms with Gasteiger partial charge in [-0.3, -0.25) is 4.79 Å². The number of aldehydes is 1. The highest BCUT2D eigenvalue weighted by Crippen LogP contribution is 2.30. The summed E-state index contributed by atoms with van der Waals surface area (Å²) in [6.45, 7) is 6.62. The standard InChI is InChI=1S/C16H19NO3/c1-4-5-6-17-8-12(9-18)14-11(3)13(16(19)20)7-10(2)15(14)17/h7-9H,4-6H2,1-3H3,(H,19,20). The van der Waals surface area contributed by atoms with E-state index >= 15 is 0 Å². The van der Waals surface area contributed by atoms with Crippen molar-refractivity contribution >= 4 is 23.2 Å². The Hall–Kier alpha value is -2.10. The molecule has 0 spiro atoms. The van der Waals surface area contributed by atoms with Gasteiger partial charge in [0.1, 0.15) is 0 Å². The van der Waals surface area contributed by atoms with Crippen molar-refractivity contribution in [3.63, 3.8) is 0 Å². The van der Waals surface area contributed by atoms with Gasteiger partial charge in [-0.05, 0) is 37.5 Å². The zero-order valence-electron chi connectivity index (χ0n) is 12.1. The fourth-order valence-corrected chi connectivity index (χ4v) is 2.74. The number of aromatic nitrogens is 1. The molecule has 0 aliphatic rings. The van der Waals surface area contributed by atoms with Crippen molar-refractivity contribution < 1.29 is 14.7 Å². The van der Waals surface area contributed by atoms with Gasteiger partial charge < -0.3 is 9.67 Å². The normalized spacial score (nSPS) is 10.9. The van der Waals surface area contributed by atoms with Crippen molar-refractivity contribution in [1.29, 1.82) is 0 Å². The van der Waals surface area contributed by atoms with Gasteiger partial charge in [-0.2, -0.15) is 0 Å². The summed E-state index contributed by atoms with van der Waals surface area (Å²) in [6.07, 6.45) is 4.74. The number of carbonyl (C=O) groups excluding carboxylic acids is 1. The van der Waals surface area contributed by atoms with Crippen LogP contribution in [0.3, 0.4) is 0 Å². The molecule has 1 aromatic carbocycles. The van der Waals surface area contributed by atoms with Crippen LogP contribution in [0.25, 0.3) is 10.9 Å². The molecule has 1 aromatic heterocycles. The Bertz CT molecular complexity index is 683. The Balaban J connectivity index is 2.79. The molecule has 0 amide bonds. The minimum absolute atomic E-state index is 0.270. The lowest BCUT2D eigenvalue weighted by Gasteiger charge is -2.10. The second-order valence-corrected chi connectivity index (χ2v) is 5.14. The molecular formula is C16H19NO3. The minimum atomic E-state index is -0.953. The summed E-state index contributed by atoms with van der Waals surface area (Å²) in [5.74, 6) is -0.953. The summed E-state index contributed by atoms with van der Waals surface area (Å²) in [4.78, 5) is 22.6. The molecule has 0 atom stereocenters. The lowest BCUT2D eigenvalue weighted by molar-refractivity contribution is 0.0696. The third-order valence-electron chi connectivity index (χ3n) is 3.73. The smallest absolute Gasteiger partial charge is 0.335 e. The van der Waals surface area contributed by atoms with Crippen LogP contribution in [0.5, 0.6) is 0 Å². The largest absolute Gasteiger partial charge is 0.478 e. The SMILES string of the molecule is CCCCn1cc(C=O)c2c(C)c(C(=O)O)cc(C)c21. The number of rotatable bonds is 5. The van der Waals surface area contributed by atoms with Crippen LogP contribution in [0.15, 0.2) is 12.3 Å². The van der Waals surface area contributed by atoms with Gasteiger partial charge in [-0.1, -0.05) is 13.3 Å². The van der Waals surface area contributed by atoms with Crippen molar-refractivity contribution in [3.8, 4) is 0 Å². The Labute approximate surface area is 118 Å². The zero-order chi connectivity index (χ0) is 14.9. The summed E-state index contributed by atoms with van der Waals surface area (Å²) in [5, 5.41) is 10.0.